The van der Waals surface area contributed by atoms with Gasteiger partial charge in [-0.05, 0) is 35.4 Å². The van der Waals surface area contributed by atoms with Gasteiger partial charge < -0.3 is 4.74 Å². The fourth-order valence-corrected chi connectivity index (χ4v) is 2.13. The summed E-state index contributed by atoms with van der Waals surface area (Å²) in [6.07, 6.45) is 0. The third-order valence-electron chi connectivity index (χ3n) is 3.27. The summed E-state index contributed by atoms with van der Waals surface area (Å²) in [7, 11) is 0. The summed E-state index contributed by atoms with van der Waals surface area (Å²) in [6, 6.07) is 22.7. The average molecular weight is 292 g/mol. The van der Waals surface area contributed by atoms with Gasteiger partial charge in [-0.2, -0.15) is 0 Å². The van der Waals surface area contributed by atoms with Crippen molar-refractivity contribution in [2.45, 2.75) is 0 Å². The van der Waals surface area contributed by atoms with Gasteiger partial charge in [0.1, 0.15) is 11.6 Å². The van der Waals surface area contributed by atoms with Crippen LogP contribution in [-0.4, -0.2) is 5.97 Å². The normalized spacial score (nSPS) is 10.2. The summed E-state index contributed by atoms with van der Waals surface area (Å²) >= 11 is 0. The molecule has 0 aliphatic heterocycles. The van der Waals surface area contributed by atoms with Crippen LogP contribution in [0.1, 0.15) is 10.4 Å². The lowest BCUT2D eigenvalue weighted by Crippen LogP contribution is -2.10. The molecule has 0 saturated carbocycles. The van der Waals surface area contributed by atoms with Crippen LogP contribution in [0, 0.1) is 5.82 Å². The number of carbonyl (C=O) groups excluding carboxylic acids is 1. The van der Waals surface area contributed by atoms with Gasteiger partial charge in [0.05, 0.1) is 5.56 Å². The summed E-state index contributed by atoms with van der Waals surface area (Å²) in [5, 5.41) is 0. The molecule has 22 heavy (non-hydrogen) atoms. The molecule has 0 bridgehead atoms. The first-order valence-corrected chi connectivity index (χ1v) is 6.86. The second-order valence-corrected chi connectivity index (χ2v) is 4.76. The Morgan fingerprint density at radius 2 is 1.32 bits per heavy atom. The Bertz CT molecular complexity index is 780. The zero-order chi connectivity index (χ0) is 15.4. The average Bonchev–Trinajstić information content (AvgIpc) is 2.57. The first kappa shape index (κ1) is 14.0. The zero-order valence-corrected chi connectivity index (χ0v) is 11.7. The second-order valence-electron chi connectivity index (χ2n) is 4.76. The van der Waals surface area contributed by atoms with Gasteiger partial charge in [0, 0.05) is 0 Å². The van der Waals surface area contributed by atoms with E-state index in [-0.39, 0.29) is 5.56 Å². The number of hydrogen-bond acceptors (Lipinski definition) is 2. The van der Waals surface area contributed by atoms with Crippen molar-refractivity contribution in [3.8, 4) is 16.9 Å². The fraction of sp³-hybridized carbons (Fsp3) is 0. The molecule has 0 fully saturated rings. The molecule has 108 valence electrons. The molecule has 0 saturated heterocycles. The highest BCUT2D eigenvalue weighted by Gasteiger charge is 2.13. The van der Waals surface area contributed by atoms with Crippen LogP contribution in [0.15, 0.2) is 78.9 Å². The summed E-state index contributed by atoms with van der Waals surface area (Å²) in [6.45, 7) is 0. The van der Waals surface area contributed by atoms with Crippen LogP contribution >= 0.6 is 0 Å². The van der Waals surface area contributed by atoms with Gasteiger partial charge in [0.25, 0.3) is 0 Å². The SMILES string of the molecule is O=C(Oc1ccc(-c2ccccc2)cc1)c1ccccc1F. The minimum atomic E-state index is -0.703. The number of halogens is 1. The molecule has 3 rings (SSSR count). The minimum Gasteiger partial charge on any atom is -0.423 e. The molecule has 0 N–H and O–H groups in total. The van der Waals surface area contributed by atoms with E-state index in [1.807, 2.05) is 42.5 Å². The van der Waals surface area contributed by atoms with E-state index in [1.165, 1.54) is 18.2 Å². The second kappa shape index (κ2) is 6.22. The molecular weight excluding hydrogens is 279 g/mol. The van der Waals surface area contributed by atoms with Gasteiger partial charge in [0.2, 0.25) is 0 Å². The summed E-state index contributed by atoms with van der Waals surface area (Å²) in [4.78, 5) is 11.9. The van der Waals surface area contributed by atoms with Gasteiger partial charge in [0.15, 0.2) is 0 Å². The molecule has 3 aromatic carbocycles. The maximum Gasteiger partial charge on any atom is 0.346 e. The Hall–Kier alpha value is -2.94. The Morgan fingerprint density at radius 3 is 2.00 bits per heavy atom. The number of benzene rings is 3. The maximum atomic E-state index is 13.5. The summed E-state index contributed by atoms with van der Waals surface area (Å²) in [5.74, 6) is -0.910. The van der Waals surface area contributed by atoms with Gasteiger partial charge >= 0.3 is 5.97 Å². The molecule has 0 amide bonds. The number of ether oxygens (including phenoxy) is 1. The molecule has 0 aliphatic rings. The largest absolute Gasteiger partial charge is 0.423 e. The number of esters is 1. The summed E-state index contributed by atoms with van der Waals surface area (Å²) < 4.78 is 18.7. The van der Waals surface area contributed by atoms with E-state index in [0.29, 0.717) is 5.75 Å². The van der Waals surface area contributed by atoms with Crippen LogP contribution in [0.5, 0.6) is 5.75 Å². The van der Waals surface area contributed by atoms with Crippen molar-refractivity contribution in [3.05, 3.63) is 90.2 Å². The van der Waals surface area contributed by atoms with Crippen molar-refractivity contribution in [1.82, 2.24) is 0 Å². The zero-order valence-electron chi connectivity index (χ0n) is 11.7. The molecule has 0 unspecified atom stereocenters. The Morgan fingerprint density at radius 1 is 0.727 bits per heavy atom. The van der Waals surface area contributed by atoms with E-state index in [9.17, 15) is 9.18 Å². The smallest absolute Gasteiger partial charge is 0.346 e. The molecule has 0 radical (unpaired) electrons. The number of rotatable bonds is 3. The van der Waals surface area contributed by atoms with E-state index < -0.39 is 11.8 Å². The van der Waals surface area contributed by atoms with Crippen molar-refractivity contribution in [2.75, 3.05) is 0 Å². The molecule has 0 heterocycles. The van der Waals surface area contributed by atoms with Crippen LogP contribution in [0.2, 0.25) is 0 Å². The predicted molar refractivity (Wildman–Crippen MR) is 83.2 cm³/mol. The highest BCUT2D eigenvalue weighted by Crippen LogP contribution is 2.22. The molecule has 3 aromatic rings. The third-order valence-corrected chi connectivity index (χ3v) is 3.27. The van der Waals surface area contributed by atoms with Crippen LogP contribution in [0.3, 0.4) is 0 Å². The molecule has 0 aliphatic carbocycles. The van der Waals surface area contributed by atoms with Crippen molar-refractivity contribution in [2.24, 2.45) is 0 Å². The van der Waals surface area contributed by atoms with Gasteiger partial charge in [-0.3, -0.25) is 0 Å². The number of carbonyl (C=O) groups is 1. The molecule has 0 atom stereocenters. The molecule has 2 nitrogen and oxygen atoms in total. The standard InChI is InChI=1S/C19H13FO2/c20-18-9-5-4-8-17(18)19(21)22-16-12-10-15(11-13-16)14-6-2-1-3-7-14/h1-13H. The topological polar surface area (TPSA) is 26.3 Å². The quantitative estimate of drug-likeness (QED) is 0.516. The van der Waals surface area contributed by atoms with Crippen LogP contribution in [0.4, 0.5) is 4.39 Å². The molecule has 0 aromatic heterocycles. The number of hydrogen-bond donors (Lipinski definition) is 0. The lowest BCUT2D eigenvalue weighted by atomic mass is 10.1. The van der Waals surface area contributed by atoms with E-state index in [0.717, 1.165) is 11.1 Å². The lowest BCUT2D eigenvalue weighted by Gasteiger charge is -2.06. The molecular formula is C19H13FO2. The third kappa shape index (κ3) is 3.04. The first-order chi connectivity index (χ1) is 10.7. The first-order valence-electron chi connectivity index (χ1n) is 6.86. The van der Waals surface area contributed by atoms with E-state index in [2.05, 4.69) is 0 Å². The van der Waals surface area contributed by atoms with E-state index >= 15 is 0 Å². The van der Waals surface area contributed by atoms with Crippen LogP contribution in [0.25, 0.3) is 11.1 Å². The molecule has 3 heteroatoms. The van der Waals surface area contributed by atoms with Gasteiger partial charge in [-0.1, -0.05) is 54.6 Å². The van der Waals surface area contributed by atoms with E-state index in [1.54, 1.807) is 18.2 Å². The highest BCUT2D eigenvalue weighted by atomic mass is 19.1. The van der Waals surface area contributed by atoms with Gasteiger partial charge in [-0.25, -0.2) is 9.18 Å². The minimum absolute atomic E-state index is 0.0744. The van der Waals surface area contributed by atoms with Crippen LogP contribution < -0.4 is 4.74 Å². The van der Waals surface area contributed by atoms with Crippen molar-refractivity contribution in [3.63, 3.8) is 0 Å². The lowest BCUT2D eigenvalue weighted by molar-refractivity contribution is 0.0730. The van der Waals surface area contributed by atoms with Crippen molar-refractivity contribution in [1.29, 1.82) is 0 Å². The Labute approximate surface area is 127 Å². The van der Waals surface area contributed by atoms with Gasteiger partial charge in [-0.15, -0.1) is 0 Å². The van der Waals surface area contributed by atoms with Crippen molar-refractivity contribution >= 4 is 5.97 Å². The van der Waals surface area contributed by atoms with Crippen LogP contribution in [-0.2, 0) is 0 Å². The fourth-order valence-electron chi connectivity index (χ4n) is 2.13. The Balaban J connectivity index is 1.77. The highest BCUT2D eigenvalue weighted by molar-refractivity contribution is 5.91. The van der Waals surface area contributed by atoms with E-state index in [4.69, 9.17) is 4.74 Å². The predicted octanol–water partition coefficient (Wildman–Crippen LogP) is 4.71. The van der Waals surface area contributed by atoms with Crippen molar-refractivity contribution < 1.29 is 13.9 Å². The maximum absolute atomic E-state index is 13.5. The monoisotopic (exact) mass is 292 g/mol. The summed E-state index contributed by atoms with van der Waals surface area (Å²) in [5.41, 5.74) is 2.02. The Kier molecular flexibility index (Phi) is 3.97. The molecule has 0 spiro atoms.